The van der Waals surface area contributed by atoms with Gasteiger partial charge in [-0.3, -0.25) is 14.9 Å². The van der Waals surface area contributed by atoms with Crippen LogP contribution in [0.3, 0.4) is 0 Å². The highest BCUT2D eigenvalue weighted by atomic mass is 79.9. The number of nitrogens with one attached hydrogen (secondary N) is 1. The Hall–Kier alpha value is -3.69. The lowest BCUT2D eigenvalue weighted by Crippen LogP contribution is -2.54. The van der Waals surface area contributed by atoms with Crippen molar-refractivity contribution < 1.29 is 24.3 Å². The number of aromatic carboxylic acids is 1. The average molecular weight is 557 g/mol. The second-order valence-corrected chi connectivity index (χ2v) is 9.29. The molecule has 0 spiro atoms. The molecule has 0 unspecified atom stereocenters. The van der Waals surface area contributed by atoms with Crippen LogP contribution < -0.4 is 10.2 Å². The topological polar surface area (TPSA) is 109 Å². The molecule has 0 atom stereocenters. The second kappa shape index (κ2) is 9.16. The Morgan fingerprint density at radius 1 is 1.06 bits per heavy atom. The SMILES string of the molecule is Cc1cc(N2C(=O)NC(=O)/C(=C\c3cc(C)n(-c4cc(C(=O)O)ccc4Cl)c3C)C2=O)ccc1Br. The number of carbonyl (C=O) groups excluding carboxylic acids is 3. The number of carboxylic acids is 1. The number of amides is 4. The molecule has 4 rings (SSSR count). The lowest BCUT2D eigenvalue weighted by molar-refractivity contribution is -0.122. The molecule has 2 aromatic carbocycles. The van der Waals surface area contributed by atoms with Crippen LogP contribution in [0.1, 0.15) is 32.9 Å². The molecule has 178 valence electrons. The van der Waals surface area contributed by atoms with E-state index < -0.39 is 23.8 Å². The maximum Gasteiger partial charge on any atom is 0.335 e. The zero-order valence-electron chi connectivity index (χ0n) is 18.8. The van der Waals surface area contributed by atoms with E-state index in [1.165, 1.54) is 24.3 Å². The first-order chi connectivity index (χ1) is 16.5. The quantitative estimate of drug-likeness (QED) is 0.340. The summed E-state index contributed by atoms with van der Waals surface area (Å²) in [5, 5.41) is 11.9. The largest absolute Gasteiger partial charge is 0.478 e. The van der Waals surface area contributed by atoms with Gasteiger partial charge in [-0.25, -0.2) is 14.5 Å². The fourth-order valence-corrected chi connectivity index (χ4v) is 4.39. The number of hydrogen-bond donors (Lipinski definition) is 2. The standard InChI is InChI=1S/C25H19BrClN3O5/c1-12-8-17(5-6-19(12)26)30-23(32)18(22(31)28-25(30)35)10-16-9-13(2)29(14(16)3)21-11-15(24(33)34)4-7-20(21)27/h4-11H,1-3H3,(H,33,34)(H,28,31,35)/b18-10+. The number of benzene rings is 2. The molecule has 1 saturated heterocycles. The van der Waals surface area contributed by atoms with E-state index in [2.05, 4.69) is 21.2 Å². The molecule has 1 fully saturated rings. The molecule has 1 aliphatic heterocycles. The summed E-state index contributed by atoms with van der Waals surface area (Å²) in [6, 6.07) is 10.3. The molecule has 35 heavy (non-hydrogen) atoms. The van der Waals surface area contributed by atoms with Gasteiger partial charge in [0, 0.05) is 15.9 Å². The zero-order chi connectivity index (χ0) is 25.6. The molecule has 0 saturated carbocycles. The van der Waals surface area contributed by atoms with Crippen LogP contribution in [0.4, 0.5) is 10.5 Å². The number of anilines is 1. The van der Waals surface area contributed by atoms with Gasteiger partial charge < -0.3 is 9.67 Å². The minimum atomic E-state index is -1.09. The first-order valence-electron chi connectivity index (χ1n) is 10.4. The smallest absolute Gasteiger partial charge is 0.335 e. The van der Waals surface area contributed by atoms with E-state index in [0.717, 1.165) is 14.9 Å². The molecule has 4 amide bonds. The monoisotopic (exact) mass is 555 g/mol. The van der Waals surface area contributed by atoms with Crippen molar-refractivity contribution in [2.24, 2.45) is 0 Å². The maximum atomic E-state index is 13.3. The van der Waals surface area contributed by atoms with Gasteiger partial charge in [-0.15, -0.1) is 0 Å². The molecule has 1 aromatic heterocycles. The van der Waals surface area contributed by atoms with Gasteiger partial charge in [0.2, 0.25) is 0 Å². The lowest BCUT2D eigenvalue weighted by atomic mass is 10.1. The van der Waals surface area contributed by atoms with Crippen molar-refractivity contribution in [3.63, 3.8) is 0 Å². The van der Waals surface area contributed by atoms with Crippen LogP contribution in [-0.4, -0.2) is 33.5 Å². The van der Waals surface area contributed by atoms with Crippen LogP contribution in [0.25, 0.3) is 11.8 Å². The Labute approximate surface area is 213 Å². The summed E-state index contributed by atoms with van der Waals surface area (Å²) in [6.45, 7) is 5.37. The van der Waals surface area contributed by atoms with Crippen LogP contribution >= 0.6 is 27.5 Å². The third kappa shape index (κ3) is 4.40. The van der Waals surface area contributed by atoms with E-state index in [-0.39, 0.29) is 11.1 Å². The Balaban J connectivity index is 1.79. The molecular weight excluding hydrogens is 538 g/mol. The van der Waals surface area contributed by atoms with E-state index in [1.807, 2.05) is 6.92 Å². The Morgan fingerprint density at radius 3 is 2.43 bits per heavy atom. The molecule has 1 aliphatic rings. The maximum absolute atomic E-state index is 13.3. The molecule has 8 nitrogen and oxygen atoms in total. The van der Waals surface area contributed by atoms with Gasteiger partial charge >= 0.3 is 12.0 Å². The fourth-order valence-electron chi connectivity index (χ4n) is 3.94. The highest BCUT2D eigenvalue weighted by molar-refractivity contribution is 9.10. The van der Waals surface area contributed by atoms with Crippen molar-refractivity contribution >= 4 is 63.1 Å². The van der Waals surface area contributed by atoms with Crippen LogP contribution in [0.5, 0.6) is 0 Å². The number of imide groups is 2. The van der Waals surface area contributed by atoms with Crippen molar-refractivity contribution in [3.8, 4) is 5.69 Å². The summed E-state index contributed by atoms with van der Waals surface area (Å²) in [7, 11) is 0. The second-order valence-electron chi connectivity index (χ2n) is 8.02. The van der Waals surface area contributed by atoms with Crippen molar-refractivity contribution in [1.29, 1.82) is 0 Å². The number of carboxylic acid groups (broad SMARTS) is 1. The first kappa shape index (κ1) is 24.4. The van der Waals surface area contributed by atoms with E-state index in [4.69, 9.17) is 11.6 Å². The van der Waals surface area contributed by atoms with Crippen molar-refractivity contribution in [3.05, 3.63) is 85.6 Å². The predicted molar refractivity (Wildman–Crippen MR) is 135 cm³/mol. The summed E-state index contributed by atoms with van der Waals surface area (Å²) in [4.78, 5) is 50.7. The number of hydrogen-bond acceptors (Lipinski definition) is 4. The van der Waals surface area contributed by atoms with Gasteiger partial charge in [-0.1, -0.05) is 27.5 Å². The number of aromatic nitrogens is 1. The zero-order valence-corrected chi connectivity index (χ0v) is 21.2. The first-order valence-corrected chi connectivity index (χ1v) is 11.6. The van der Waals surface area contributed by atoms with Crippen LogP contribution in [0, 0.1) is 20.8 Å². The third-order valence-corrected chi connectivity index (χ3v) is 6.91. The molecule has 2 heterocycles. The summed E-state index contributed by atoms with van der Waals surface area (Å²) < 4.78 is 2.56. The molecule has 3 aromatic rings. The molecule has 0 bridgehead atoms. The molecule has 10 heteroatoms. The fraction of sp³-hybridized carbons (Fsp3) is 0.120. The number of barbiturate groups is 1. The molecule has 0 aliphatic carbocycles. The summed E-state index contributed by atoms with van der Waals surface area (Å²) in [5.41, 5.74) is 3.33. The van der Waals surface area contributed by atoms with Gasteiger partial charge in [0.1, 0.15) is 5.57 Å². The number of aryl methyl sites for hydroxylation is 2. The number of halogens is 2. The van der Waals surface area contributed by atoms with E-state index >= 15 is 0 Å². The minimum absolute atomic E-state index is 0.0672. The van der Waals surface area contributed by atoms with E-state index in [9.17, 15) is 24.3 Å². The van der Waals surface area contributed by atoms with Crippen LogP contribution in [0.2, 0.25) is 5.02 Å². The molecular formula is C25H19BrClN3O5. The number of carbonyl (C=O) groups is 4. The summed E-state index contributed by atoms with van der Waals surface area (Å²) >= 11 is 9.75. The number of nitrogens with zero attached hydrogens (tertiary/aromatic N) is 2. The third-order valence-electron chi connectivity index (χ3n) is 5.71. The molecule has 0 radical (unpaired) electrons. The highest BCUT2D eigenvalue weighted by Gasteiger charge is 2.37. The van der Waals surface area contributed by atoms with Crippen molar-refractivity contribution in [1.82, 2.24) is 9.88 Å². The Bertz CT molecular complexity index is 1470. The summed E-state index contributed by atoms with van der Waals surface area (Å²) in [6.07, 6.45) is 1.41. The van der Waals surface area contributed by atoms with Crippen molar-refractivity contribution in [2.75, 3.05) is 4.90 Å². The normalized spacial score (nSPS) is 15.1. The Kier molecular flexibility index (Phi) is 6.40. The number of urea groups is 1. The van der Waals surface area contributed by atoms with E-state index in [1.54, 1.807) is 42.7 Å². The van der Waals surface area contributed by atoms with Crippen LogP contribution in [-0.2, 0) is 9.59 Å². The Morgan fingerprint density at radius 2 is 1.77 bits per heavy atom. The predicted octanol–water partition coefficient (Wildman–Crippen LogP) is 5.18. The van der Waals surface area contributed by atoms with Gasteiger partial charge in [0.25, 0.3) is 11.8 Å². The van der Waals surface area contributed by atoms with Gasteiger partial charge in [0.05, 0.1) is 22.0 Å². The van der Waals surface area contributed by atoms with Gasteiger partial charge in [-0.2, -0.15) is 0 Å². The lowest BCUT2D eigenvalue weighted by Gasteiger charge is -2.26. The minimum Gasteiger partial charge on any atom is -0.478 e. The van der Waals surface area contributed by atoms with E-state index in [0.29, 0.717) is 33.3 Å². The van der Waals surface area contributed by atoms with Crippen molar-refractivity contribution in [2.45, 2.75) is 20.8 Å². The van der Waals surface area contributed by atoms with Gasteiger partial charge in [-0.05, 0) is 80.4 Å². The highest BCUT2D eigenvalue weighted by Crippen LogP contribution is 2.30. The molecule has 2 N–H and O–H groups in total. The average Bonchev–Trinajstić information content (AvgIpc) is 3.06. The number of rotatable bonds is 4. The summed E-state index contributed by atoms with van der Waals surface area (Å²) in [5.74, 6) is -2.65. The van der Waals surface area contributed by atoms with Gasteiger partial charge in [0.15, 0.2) is 0 Å². The van der Waals surface area contributed by atoms with Crippen LogP contribution in [0.15, 0.2) is 52.5 Å².